The molecular weight excluding hydrogens is 442 g/mol. The van der Waals surface area contributed by atoms with E-state index in [1.165, 1.54) is 26.0 Å². The number of benzene rings is 2. The van der Waals surface area contributed by atoms with Gasteiger partial charge in [-0.25, -0.2) is 8.42 Å². The normalized spacial score (nSPS) is 12.8. The Bertz CT molecular complexity index is 1350. The molecule has 0 aliphatic rings. The number of nitriles is 1. The monoisotopic (exact) mass is 467 g/mol. The average Bonchev–Trinajstić information content (AvgIpc) is 3.12. The first kappa shape index (κ1) is 23.9. The van der Waals surface area contributed by atoms with E-state index in [4.69, 9.17) is 11.0 Å². The molecule has 0 fully saturated rings. The van der Waals surface area contributed by atoms with Gasteiger partial charge in [-0.05, 0) is 35.4 Å². The highest BCUT2D eigenvalue weighted by Gasteiger charge is 2.35. The van der Waals surface area contributed by atoms with Crippen molar-refractivity contribution in [2.75, 3.05) is 5.75 Å². The van der Waals surface area contributed by atoms with Crippen molar-refractivity contribution in [1.82, 2.24) is 15.1 Å². The molecule has 2 amide bonds. The van der Waals surface area contributed by atoms with Crippen LogP contribution in [0.15, 0.2) is 53.6 Å². The van der Waals surface area contributed by atoms with Gasteiger partial charge in [0.15, 0.2) is 9.84 Å². The van der Waals surface area contributed by atoms with E-state index < -0.39 is 38.9 Å². The Hall–Kier alpha value is -3.71. The molecule has 172 valence electrons. The Morgan fingerprint density at radius 3 is 2.42 bits per heavy atom. The summed E-state index contributed by atoms with van der Waals surface area (Å²) in [5.41, 5.74) is 6.50. The van der Waals surface area contributed by atoms with Crippen LogP contribution in [0.2, 0.25) is 0 Å². The van der Waals surface area contributed by atoms with Crippen molar-refractivity contribution in [3.8, 4) is 17.2 Å². The molecule has 3 aromatic rings. The molecule has 33 heavy (non-hydrogen) atoms. The van der Waals surface area contributed by atoms with Gasteiger partial charge in [-0.1, -0.05) is 32.0 Å². The number of sulfone groups is 1. The molecule has 9 nitrogen and oxygen atoms in total. The van der Waals surface area contributed by atoms with Crippen LogP contribution in [-0.2, 0) is 26.5 Å². The van der Waals surface area contributed by atoms with Crippen LogP contribution in [0.5, 0.6) is 0 Å². The van der Waals surface area contributed by atoms with Gasteiger partial charge in [-0.2, -0.15) is 10.4 Å². The van der Waals surface area contributed by atoms with Gasteiger partial charge in [0.1, 0.15) is 6.04 Å². The van der Waals surface area contributed by atoms with E-state index in [0.29, 0.717) is 0 Å². The van der Waals surface area contributed by atoms with Gasteiger partial charge in [0.2, 0.25) is 11.8 Å². The number of aromatic nitrogens is 2. The predicted octanol–water partition coefficient (Wildman–Crippen LogP) is 1.92. The second kappa shape index (κ2) is 9.03. The Morgan fingerprint density at radius 1 is 1.18 bits per heavy atom. The molecule has 0 radical (unpaired) electrons. The van der Waals surface area contributed by atoms with Crippen molar-refractivity contribution < 1.29 is 18.0 Å². The van der Waals surface area contributed by atoms with Gasteiger partial charge in [0.05, 0.1) is 40.3 Å². The van der Waals surface area contributed by atoms with Crippen LogP contribution in [0.25, 0.3) is 22.0 Å². The molecule has 0 spiro atoms. The summed E-state index contributed by atoms with van der Waals surface area (Å²) in [6, 6.07) is 13.0. The number of carbonyl (C=O) groups excluding carboxylic acids is 2. The quantitative estimate of drug-likeness (QED) is 0.517. The molecular formula is C23H25N5O4S. The zero-order valence-corrected chi connectivity index (χ0v) is 19.4. The summed E-state index contributed by atoms with van der Waals surface area (Å²) in [6.07, 6.45) is 1.42. The van der Waals surface area contributed by atoms with Crippen molar-refractivity contribution in [3.05, 3.63) is 48.7 Å². The lowest BCUT2D eigenvalue weighted by Crippen LogP contribution is -2.46. The van der Waals surface area contributed by atoms with Crippen molar-refractivity contribution in [2.45, 2.75) is 31.2 Å². The zero-order chi connectivity index (χ0) is 24.4. The molecule has 0 saturated carbocycles. The van der Waals surface area contributed by atoms with Crippen molar-refractivity contribution in [3.63, 3.8) is 0 Å². The highest BCUT2D eigenvalue weighted by Crippen LogP contribution is 2.28. The third-order valence-corrected chi connectivity index (χ3v) is 7.42. The topological polar surface area (TPSA) is 148 Å². The number of fused-ring (bicyclic) bond motifs is 1. The predicted molar refractivity (Wildman–Crippen MR) is 123 cm³/mol. The van der Waals surface area contributed by atoms with Gasteiger partial charge < -0.3 is 11.1 Å². The maximum absolute atomic E-state index is 13.0. The molecule has 10 heteroatoms. The van der Waals surface area contributed by atoms with E-state index in [1.807, 2.05) is 25.2 Å². The standard InChI is InChI=1S/C23H25N5O4S/c1-23(2,22(30)27-18(12-24)11-21(25)29)14-33(31,32)19-7-4-15(5-8-19)16-6-9-20-17(10-16)13-26-28(20)3/h4-10,13,18H,11,14H2,1-3H3,(H2,25,29)(H,27,30). The van der Waals surface area contributed by atoms with Gasteiger partial charge >= 0.3 is 0 Å². The molecule has 2 aromatic carbocycles. The summed E-state index contributed by atoms with van der Waals surface area (Å²) in [6.45, 7) is 2.94. The second-order valence-electron chi connectivity index (χ2n) is 8.53. The van der Waals surface area contributed by atoms with E-state index in [0.717, 1.165) is 22.0 Å². The van der Waals surface area contributed by atoms with Crippen LogP contribution < -0.4 is 11.1 Å². The number of nitrogens with two attached hydrogens (primary N) is 1. The molecule has 0 aliphatic heterocycles. The fourth-order valence-corrected chi connectivity index (χ4v) is 5.30. The highest BCUT2D eigenvalue weighted by molar-refractivity contribution is 7.91. The van der Waals surface area contributed by atoms with E-state index in [-0.39, 0.29) is 11.3 Å². The molecule has 0 aliphatic carbocycles. The largest absolute Gasteiger partial charge is 0.370 e. The smallest absolute Gasteiger partial charge is 0.227 e. The summed E-state index contributed by atoms with van der Waals surface area (Å²) in [7, 11) is -1.94. The van der Waals surface area contributed by atoms with Crippen LogP contribution in [0.4, 0.5) is 0 Å². The molecule has 3 rings (SSSR count). The summed E-state index contributed by atoms with van der Waals surface area (Å²) in [5.74, 6) is -1.86. The molecule has 3 N–H and O–H groups in total. The lowest BCUT2D eigenvalue weighted by Gasteiger charge is -2.24. The third-order valence-electron chi connectivity index (χ3n) is 5.32. The minimum Gasteiger partial charge on any atom is -0.370 e. The van der Waals surface area contributed by atoms with E-state index >= 15 is 0 Å². The highest BCUT2D eigenvalue weighted by atomic mass is 32.2. The number of amides is 2. The number of nitrogens with zero attached hydrogens (tertiary/aromatic N) is 3. The van der Waals surface area contributed by atoms with Gasteiger partial charge in [-0.3, -0.25) is 14.3 Å². The first-order valence-electron chi connectivity index (χ1n) is 10.2. The number of hydrogen-bond donors (Lipinski definition) is 2. The first-order chi connectivity index (χ1) is 15.4. The average molecular weight is 468 g/mol. The molecule has 0 bridgehead atoms. The summed E-state index contributed by atoms with van der Waals surface area (Å²) in [5, 5.41) is 16.7. The van der Waals surface area contributed by atoms with E-state index in [9.17, 15) is 18.0 Å². The first-order valence-corrected chi connectivity index (χ1v) is 11.8. The maximum Gasteiger partial charge on any atom is 0.227 e. The fraction of sp³-hybridized carbons (Fsp3) is 0.304. The Morgan fingerprint density at radius 2 is 1.82 bits per heavy atom. The van der Waals surface area contributed by atoms with Gasteiger partial charge in [-0.15, -0.1) is 0 Å². The van der Waals surface area contributed by atoms with Crippen molar-refractivity contribution >= 4 is 32.6 Å². The van der Waals surface area contributed by atoms with E-state index in [2.05, 4.69) is 10.4 Å². The number of aryl methyl sites for hydroxylation is 1. The second-order valence-corrected chi connectivity index (χ2v) is 10.5. The SMILES string of the molecule is Cn1ncc2cc(-c3ccc(S(=O)(=O)CC(C)(C)C(=O)NC(C#N)CC(N)=O)cc3)ccc21. The lowest BCUT2D eigenvalue weighted by atomic mass is 9.94. The van der Waals surface area contributed by atoms with Crippen LogP contribution in [0, 0.1) is 16.7 Å². The van der Waals surface area contributed by atoms with Gasteiger partial charge in [0.25, 0.3) is 0 Å². The van der Waals surface area contributed by atoms with E-state index in [1.54, 1.807) is 29.1 Å². The van der Waals surface area contributed by atoms with Crippen LogP contribution >= 0.6 is 0 Å². The van der Waals surface area contributed by atoms with Crippen LogP contribution in [0.1, 0.15) is 20.3 Å². The maximum atomic E-state index is 13.0. The molecule has 1 atom stereocenters. The molecule has 1 heterocycles. The Labute approximate surface area is 192 Å². The molecule has 1 aromatic heterocycles. The third kappa shape index (κ3) is 5.38. The van der Waals surface area contributed by atoms with Crippen LogP contribution in [-0.4, -0.2) is 41.8 Å². The zero-order valence-electron chi connectivity index (χ0n) is 18.6. The van der Waals surface area contributed by atoms with Crippen LogP contribution in [0.3, 0.4) is 0 Å². The molecule has 1 unspecified atom stereocenters. The Kier molecular flexibility index (Phi) is 6.56. The van der Waals surface area contributed by atoms with Crippen molar-refractivity contribution in [1.29, 1.82) is 5.26 Å². The number of hydrogen-bond acceptors (Lipinski definition) is 6. The summed E-state index contributed by atoms with van der Waals surface area (Å²) in [4.78, 5) is 23.7. The number of nitrogens with one attached hydrogen (secondary N) is 1. The number of primary amides is 1. The Balaban J connectivity index is 1.77. The fourth-order valence-electron chi connectivity index (χ4n) is 3.51. The minimum atomic E-state index is -3.81. The summed E-state index contributed by atoms with van der Waals surface area (Å²) >= 11 is 0. The molecule has 0 saturated heterocycles. The van der Waals surface area contributed by atoms with Crippen molar-refractivity contribution in [2.24, 2.45) is 18.2 Å². The minimum absolute atomic E-state index is 0.0866. The summed E-state index contributed by atoms with van der Waals surface area (Å²) < 4.78 is 27.7. The number of carbonyl (C=O) groups is 2. The lowest BCUT2D eigenvalue weighted by molar-refractivity contribution is -0.129. The number of rotatable bonds is 8. The van der Waals surface area contributed by atoms with Gasteiger partial charge in [0, 0.05) is 12.4 Å².